The van der Waals surface area contributed by atoms with E-state index in [1.54, 1.807) is 5.57 Å². The lowest BCUT2D eigenvalue weighted by Crippen LogP contribution is -2.54. The number of hydrogen-bond acceptors (Lipinski definition) is 3. The molecule has 5 saturated carbocycles. The van der Waals surface area contributed by atoms with E-state index in [0.29, 0.717) is 47.2 Å². The Kier molecular flexibility index (Phi) is 2.43. The third-order valence-corrected chi connectivity index (χ3v) is 11.6. The smallest absolute Gasteiger partial charge is 0.306 e. The zero-order chi connectivity index (χ0) is 19.6. The van der Waals surface area contributed by atoms with Gasteiger partial charge in [-0.1, -0.05) is 31.1 Å². The first kappa shape index (κ1) is 16.3. The molecule has 0 aromatic heterocycles. The van der Waals surface area contributed by atoms with Crippen LogP contribution in [0.3, 0.4) is 0 Å². The van der Waals surface area contributed by atoms with Crippen LogP contribution in [0.2, 0.25) is 0 Å². The average Bonchev–Trinajstić information content (AvgIpc) is 3.57. The van der Waals surface area contributed by atoms with Crippen LogP contribution in [-0.2, 0) is 14.3 Å². The van der Waals surface area contributed by atoms with Gasteiger partial charge in [-0.3, -0.25) is 9.59 Å². The normalized spacial score (nSPS) is 59.1. The molecule has 0 amide bonds. The Bertz CT molecular complexity index is 984. The van der Waals surface area contributed by atoms with Gasteiger partial charge in [0.2, 0.25) is 0 Å². The maximum atomic E-state index is 12.7. The number of rotatable bonds is 0. The molecule has 1 heterocycles. The van der Waals surface area contributed by atoms with Gasteiger partial charge in [-0.15, -0.1) is 0 Å². The quantitative estimate of drug-likeness (QED) is 0.448. The van der Waals surface area contributed by atoms with E-state index in [1.165, 1.54) is 31.3 Å². The molecule has 1 saturated heterocycles. The molecule has 6 fully saturated rings. The number of fused-ring (bicyclic) bond motifs is 12. The molecule has 1 aliphatic heterocycles. The van der Waals surface area contributed by atoms with E-state index in [-0.39, 0.29) is 22.4 Å². The Balaban J connectivity index is 1.31. The fraction of sp³-hybridized carbons (Fsp3) is 0.769. The van der Waals surface area contributed by atoms with Crippen LogP contribution in [0.1, 0.15) is 65.2 Å². The highest BCUT2D eigenvalue weighted by molar-refractivity contribution is 5.97. The molecule has 0 aromatic rings. The molecule has 0 bridgehead atoms. The van der Waals surface area contributed by atoms with Crippen molar-refractivity contribution in [1.29, 1.82) is 0 Å². The molecule has 7 aliphatic carbocycles. The number of allylic oxidation sites excluding steroid dienone is 4. The van der Waals surface area contributed by atoms with E-state index in [2.05, 4.69) is 26.0 Å². The third-order valence-electron chi connectivity index (χ3n) is 11.6. The SMILES string of the molecule is C[C@@]12C3=CC[C@@]4(C)C(C3CC3(CC3)C1=CC(=O)C1C[C@@H]12)[C@@H]1CC1[C@@]41CCC(=O)O1. The average molecular weight is 391 g/mol. The van der Waals surface area contributed by atoms with Gasteiger partial charge in [-0.2, -0.15) is 0 Å². The highest BCUT2D eigenvalue weighted by Gasteiger charge is 2.80. The number of carbonyl (C=O) groups is 2. The lowest BCUT2D eigenvalue weighted by molar-refractivity contribution is -0.166. The summed E-state index contributed by atoms with van der Waals surface area (Å²) in [5.41, 5.74) is 3.58. The standard InChI is InChI=1S/C26H30O3/c1-23-5-3-16-15(22(23)14-10-18(14)26(23)6-4-21(28)29-26)12-25(7-8-25)20-11-19(27)13-9-17(13)24(16,20)2/h3,11,13-15,17-18,22H,4-10,12H2,1-2H3/t13?,14-,15?,17+,18?,22?,23+,24+,26+/m1/s1. The summed E-state index contributed by atoms with van der Waals surface area (Å²) in [5.74, 6) is 3.99. The van der Waals surface area contributed by atoms with Crippen LogP contribution in [0.15, 0.2) is 23.3 Å². The zero-order valence-corrected chi connectivity index (χ0v) is 17.5. The highest BCUT2D eigenvalue weighted by atomic mass is 16.6. The Morgan fingerprint density at radius 3 is 2.59 bits per heavy atom. The molecule has 8 aliphatic rings. The highest BCUT2D eigenvalue weighted by Crippen LogP contribution is 2.82. The second-order valence-corrected chi connectivity index (χ2v) is 12.4. The van der Waals surface area contributed by atoms with E-state index < -0.39 is 0 Å². The van der Waals surface area contributed by atoms with E-state index >= 15 is 0 Å². The molecular weight excluding hydrogens is 360 g/mol. The Labute approximate surface area is 172 Å². The second-order valence-electron chi connectivity index (χ2n) is 12.4. The Morgan fingerprint density at radius 2 is 1.86 bits per heavy atom. The van der Waals surface area contributed by atoms with Crippen molar-refractivity contribution < 1.29 is 14.3 Å². The van der Waals surface area contributed by atoms with Crippen LogP contribution in [0.5, 0.6) is 0 Å². The molecule has 0 radical (unpaired) electrons. The molecule has 152 valence electrons. The van der Waals surface area contributed by atoms with Crippen LogP contribution in [0.4, 0.5) is 0 Å². The molecule has 3 nitrogen and oxygen atoms in total. The molecule has 0 N–H and O–H groups in total. The molecule has 8 rings (SSSR count). The fourth-order valence-corrected chi connectivity index (χ4v) is 10.1. The molecule has 3 heteroatoms. The van der Waals surface area contributed by atoms with Crippen molar-refractivity contribution >= 4 is 11.8 Å². The summed E-state index contributed by atoms with van der Waals surface area (Å²) >= 11 is 0. The lowest BCUT2D eigenvalue weighted by Gasteiger charge is -2.58. The largest absolute Gasteiger partial charge is 0.458 e. The Hall–Kier alpha value is -1.38. The summed E-state index contributed by atoms with van der Waals surface area (Å²) in [6, 6.07) is 0. The minimum absolute atomic E-state index is 0.0402. The van der Waals surface area contributed by atoms with Crippen LogP contribution in [-0.4, -0.2) is 17.4 Å². The first-order valence-corrected chi connectivity index (χ1v) is 12.0. The summed E-state index contributed by atoms with van der Waals surface area (Å²) in [7, 11) is 0. The number of hydrogen-bond donors (Lipinski definition) is 0. The van der Waals surface area contributed by atoms with E-state index in [9.17, 15) is 9.59 Å². The van der Waals surface area contributed by atoms with Gasteiger partial charge in [0.1, 0.15) is 5.60 Å². The van der Waals surface area contributed by atoms with Crippen molar-refractivity contribution in [2.45, 2.75) is 70.8 Å². The van der Waals surface area contributed by atoms with Gasteiger partial charge < -0.3 is 4.74 Å². The summed E-state index contributed by atoms with van der Waals surface area (Å²) in [6.07, 6.45) is 13.5. The van der Waals surface area contributed by atoms with Crippen molar-refractivity contribution in [3.05, 3.63) is 23.3 Å². The third kappa shape index (κ3) is 1.53. The van der Waals surface area contributed by atoms with Gasteiger partial charge in [-0.05, 0) is 80.1 Å². The zero-order valence-electron chi connectivity index (χ0n) is 17.5. The monoisotopic (exact) mass is 390 g/mol. The van der Waals surface area contributed by atoms with Crippen molar-refractivity contribution in [3.63, 3.8) is 0 Å². The summed E-state index contributed by atoms with van der Waals surface area (Å²) in [6.45, 7) is 4.97. The van der Waals surface area contributed by atoms with Crippen molar-refractivity contribution in [1.82, 2.24) is 0 Å². The predicted octanol–water partition coefficient (Wildman–Crippen LogP) is 4.62. The minimum atomic E-state index is -0.181. The summed E-state index contributed by atoms with van der Waals surface area (Å²) < 4.78 is 6.23. The fourth-order valence-electron chi connectivity index (χ4n) is 10.1. The van der Waals surface area contributed by atoms with Crippen LogP contribution in [0.25, 0.3) is 0 Å². The molecule has 2 spiro atoms. The van der Waals surface area contributed by atoms with Gasteiger partial charge in [0.15, 0.2) is 5.78 Å². The van der Waals surface area contributed by atoms with Gasteiger partial charge >= 0.3 is 5.97 Å². The first-order valence-electron chi connectivity index (χ1n) is 12.0. The number of ether oxygens (including phenoxy) is 1. The van der Waals surface area contributed by atoms with Crippen molar-refractivity contribution in [2.75, 3.05) is 0 Å². The van der Waals surface area contributed by atoms with Gasteiger partial charge in [0.25, 0.3) is 0 Å². The molecular formula is C26H30O3. The lowest BCUT2D eigenvalue weighted by atomic mass is 9.46. The van der Waals surface area contributed by atoms with E-state index in [1.807, 2.05) is 0 Å². The van der Waals surface area contributed by atoms with Crippen LogP contribution < -0.4 is 0 Å². The maximum absolute atomic E-state index is 12.7. The molecule has 0 aromatic carbocycles. The minimum Gasteiger partial charge on any atom is -0.458 e. The van der Waals surface area contributed by atoms with Crippen LogP contribution in [0, 0.1) is 51.8 Å². The molecule has 29 heavy (non-hydrogen) atoms. The van der Waals surface area contributed by atoms with Crippen molar-refractivity contribution in [3.8, 4) is 0 Å². The number of esters is 1. The van der Waals surface area contributed by atoms with Crippen molar-refractivity contribution in [2.24, 2.45) is 51.8 Å². The topological polar surface area (TPSA) is 43.4 Å². The Morgan fingerprint density at radius 1 is 1.03 bits per heavy atom. The summed E-state index contributed by atoms with van der Waals surface area (Å²) in [5, 5.41) is 0. The summed E-state index contributed by atoms with van der Waals surface area (Å²) in [4.78, 5) is 24.9. The van der Waals surface area contributed by atoms with Gasteiger partial charge in [0.05, 0.1) is 0 Å². The van der Waals surface area contributed by atoms with Gasteiger partial charge in [-0.25, -0.2) is 0 Å². The molecule has 9 atom stereocenters. The number of carbonyl (C=O) groups excluding carboxylic acids is 2. The number of ketones is 1. The predicted molar refractivity (Wildman–Crippen MR) is 107 cm³/mol. The first-order chi connectivity index (χ1) is 13.8. The van der Waals surface area contributed by atoms with Crippen LogP contribution >= 0.6 is 0 Å². The van der Waals surface area contributed by atoms with E-state index in [4.69, 9.17) is 4.74 Å². The second kappa shape index (κ2) is 4.32. The van der Waals surface area contributed by atoms with Gasteiger partial charge in [0, 0.05) is 29.1 Å². The maximum Gasteiger partial charge on any atom is 0.306 e. The van der Waals surface area contributed by atoms with E-state index in [0.717, 1.165) is 25.2 Å². The molecule has 4 unspecified atom stereocenters.